The second-order valence-electron chi connectivity index (χ2n) is 4.63. The van der Waals surface area contributed by atoms with Crippen molar-refractivity contribution in [2.24, 2.45) is 5.41 Å². The summed E-state index contributed by atoms with van der Waals surface area (Å²) in [7, 11) is 5.33. The molecular formula is C12H18N2O3. The first-order chi connectivity index (χ1) is 8.12. The fourth-order valence-electron chi connectivity index (χ4n) is 2.50. The Bertz CT molecular complexity index is 382. The topological polar surface area (TPSA) is 54.6 Å². The number of hydrogen-bond donors (Lipinski definition) is 1. The van der Waals surface area contributed by atoms with Gasteiger partial charge in [0.2, 0.25) is 0 Å². The van der Waals surface area contributed by atoms with Crippen LogP contribution in [0.1, 0.15) is 11.7 Å². The highest BCUT2D eigenvalue weighted by atomic mass is 16.5. The SMILES string of the molecule is COC(=O)C1(C(c2ccc[nH]2)N(C)C)COC1. The number of carbonyl (C=O) groups excluding carboxylic acids is 1. The van der Waals surface area contributed by atoms with Gasteiger partial charge in [-0.2, -0.15) is 0 Å². The van der Waals surface area contributed by atoms with Gasteiger partial charge in [-0.3, -0.25) is 9.69 Å². The standard InChI is InChI=1S/C12H18N2O3/c1-14(2)10(9-5-4-6-13-9)12(7-17-8-12)11(15)16-3/h4-6,10,13H,7-8H2,1-3H3. The number of H-pyrrole nitrogens is 1. The molecule has 0 aromatic carbocycles. The summed E-state index contributed by atoms with van der Waals surface area (Å²) in [6, 6.07) is 3.85. The van der Waals surface area contributed by atoms with E-state index in [0.717, 1.165) is 5.69 Å². The molecule has 2 heterocycles. The normalized spacial score (nSPS) is 19.8. The van der Waals surface area contributed by atoms with Crippen molar-refractivity contribution in [2.75, 3.05) is 34.4 Å². The van der Waals surface area contributed by atoms with Crippen LogP contribution in [0, 0.1) is 5.41 Å². The van der Waals surface area contributed by atoms with E-state index in [1.54, 1.807) is 0 Å². The molecule has 1 aromatic rings. The van der Waals surface area contributed by atoms with Crippen LogP contribution in [0.3, 0.4) is 0 Å². The van der Waals surface area contributed by atoms with Gasteiger partial charge in [-0.1, -0.05) is 0 Å². The zero-order valence-electron chi connectivity index (χ0n) is 10.4. The van der Waals surface area contributed by atoms with Crippen LogP contribution in [0.15, 0.2) is 18.3 Å². The Labute approximate surface area is 101 Å². The van der Waals surface area contributed by atoms with Crippen LogP contribution in [0.5, 0.6) is 0 Å². The molecule has 0 saturated carbocycles. The van der Waals surface area contributed by atoms with Gasteiger partial charge in [0.1, 0.15) is 5.41 Å². The Morgan fingerprint density at radius 3 is 2.65 bits per heavy atom. The average Bonchev–Trinajstić information content (AvgIpc) is 2.74. The van der Waals surface area contributed by atoms with Gasteiger partial charge in [-0.05, 0) is 26.2 Å². The van der Waals surface area contributed by atoms with Crippen LogP contribution in [0.2, 0.25) is 0 Å². The zero-order valence-corrected chi connectivity index (χ0v) is 10.4. The van der Waals surface area contributed by atoms with Crippen molar-refractivity contribution in [1.82, 2.24) is 9.88 Å². The van der Waals surface area contributed by atoms with Crippen molar-refractivity contribution < 1.29 is 14.3 Å². The summed E-state index contributed by atoms with van der Waals surface area (Å²) >= 11 is 0. The number of esters is 1. The first kappa shape index (κ1) is 12.1. The number of nitrogens with one attached hydrogen (secondary N) is 1. The molecule has 1 fully saturated rings. The van der Waals surface area contributed by atoms with Crippen LogP contribution < -0.4 is 0 Å². The van der Waals surface area contributed by atoms with E-state index in [9.17, 15) is 4.79 Å². The quantitative estimate of drug-likeness (QED) is 0.789. The first-order valence-corrected chi connectivity index (χ1v) is 5.57. The highest BCUT2D eigenvalue weighted by molar-refractivity contribution is 5.79. The minimum absolute atomic E-state index is 0.0568. The molecule has 1 N–H and O–H groups in total. The average molecular weight is 238 g/mol. The Morgan fingerprint density at radius 2 is 2.29 bits per heavy atom. The van der Waals surface area contributed by atoms with Crippen molar-refractivity contribution in [3.8, 4) is 0 Å². The molecular weight excluding hydrogens is 220 g/mol. The van der Waals surface area contributed by atoms with E-state index in [4.69, 9.17) is 9.47 Å². The minimum atomic E-state index is -0.594. The lowest BCUT2D eigenvalue weighted by atomic mass is 9.76. The van der Waals surface area contributed by atoms with Gasteiger partial charge in [0.05, 0.1) is 26.4 Å². The van der Waals surface area contributed by atoms with Crippen molar-refractivity contribution >= 4 is 5.97 Å². The van der Waals surface area contributed by atoms with Crippen LogP contribution in [-0.4, -0.2) is 50.3 Å². The molecule has 94 valence electrons. The Hall–Kier alpha value is -1.33. The molecule has 1 aliphatic heterocycles. The maximum Gasteiger partial charge on any atom is 0.318 e. The van der Waals surface area contributed by atoms with Crippen LogP contribution in [0.4, 0.5) is 0 Å². The second kappa shape index (κ2) is 4.50. The smallest absolute Gasteiger partial charge is 0.318 e. The third-order valence-corrected chi connectivity index (χ3v) is 3.27. The summed E-state index contributed by atoms with van der Waals surface area (Å²) in [4.78, 5) is 17.2. The Balaban J connectivity index is 2.35. The highest BCUT2D eigenvalue weighted by Gasteiger charge is 2.55. The number of hydrogen-bond acceptors (Lipinski definition) is 4. The molecule has 17 heavy (non-hydrogen) atoms. The molecule has 1 saturated heterocycles. The van der Waals surface area contributed by atoms with E-state index >= 15 is 0 Å². The number of methoxy groups -OCH3 is 1. The molecule has 1 atom stereocenters. The molecule has 0 amide bonds. The summed E-state index contributed by atoms with van der Waals surface area (Å²) in [6.07, 6.45) is 1.86. The highest BCUT2D eigenvalue weighted by Crippen LogP contribution is 2.43. The van der Waals surface area contributed by atoms with E-state index in [1.807, 2.05) is 37.3 Å². The number of nitrogens with zero attached hydrogens (tertiary/aromatic N) is 1. The van der Waals surface area contributed by atoms with E-state index in [0.29, 0.717) is 13.2 Å². The van der Waals surface area contributed by atoms with Gasteiger partial charge < -0.3 is 14.5 Å². The van der Waals surface area contributed by atoms with E-state index < -0.39 is 5.41 Å². The van der Waals surface area contributed by atoms with Gasteiger partial charge in [0, 0.05) is 11.9 Å². The van der Waals surface area contributed by atoms with Gasteiger partial charge >= 0.3 is 5.97 Å². The summed E-state index contributed by atoms with van der Waals surface area (Å²) in [5.74, 6) is -0.211. The van der Waals surface area contributed by atoms with Crippen LogP contribution >= 0.6 is 0 Å². The van der Waals surface area contributed by atoms with Gasteiger partial charge in [0.15, 0.2) is 0 Å². The second-order valence-corrected chi connectivity index (χ2v) is 4.63. The molecule has 1 unspecified atom stereocenters. The summed E-state index contributed by atoms with van der Waals surface area (Å²) in [6.45, 7) is 0.809. The third kappa shape index (κ3) is 1.85. The fourth-order valence-corrected chi connectivity index (χ4v) is 2.50. The molecule has 0 radical (unpaired) electrons. The summed E-state index contributed by atoms with van der Waals surface area (Å²) in [5, 5.41) is 0. The number of rotatable bonds is 4. The predicted molar refractivity (Wildman–Crippen MR) is 62.5 cm³/mol. The van der Waals surface area contributed by atoms with Crippen molar-refractivity contribution in [3.63, 3.8) is 0 Å². The summed E-state index contributed by atoms with van der Waals surface area (Å²) in [5.41, 5.74) is 0.409. The molecule has 1 aromatic heterocycles. The van der Waals surface area contributed by atoms with Gasteiger partial charge in [-0.15, -0.1) is 0 Å². The van der Waals surface area contributed by atoms with Gasteiger partial charge in [-0.25, -0.2) is 0 Å². The lowest BCUT2D eigenvalue weighted by Crippen LogP contribution is -2.57. The fraction of sp³-hybridized carbons (Fsp3) is 0.583. The van der Waals surface area contributed by atoms with Crippen molar-refractivity contribution in [1.29, 1.82) is 0 Å². The molecule has 2 rings (SSSR count). The Kier molecular flexibility index (Phi) is 3.22. The van der Waals surface area contributed by atoms with E-state index in [2.05, 4.69) is 4.98 Å². The third-order valence-electron chi connectivity index (χ3n) is 3.27. The lowest BCUT2D eigenvalue weighted by molar-refractivity contribution is -0.197. The number of aromatic nitrogens is 1. The van der Waals surface area contributed by atoms with Crippen molar-refractivity contribution in [2.45, 2.75) is 6.04 Å². The first-order valence-electron chi connectivity index (χ1n) is 5.57. The van der Waals surface area contributed by atoms with Crippen LogP contribution in [0.25, 0.3) is 0 Å². The molecule has 1 aliphatic rings. The number of aromatic amines is 1. The molecule has 0 bridgehead atoms. The molecule has 5 heteroatoms. The van der Waals surface area contributed by atoms with Crippen molar-refractivity contribution in [3.05, 3.63) is 24.0 Å². The maximum absolute atomic E-state index is 12.0. The molecule has 0 spiro atoms. The largest absolute Gasteiger partial charge is 0.468 e. The zero-order chi connectivity index (χ0) is 12.5. The predicted octanol–water partition coefficient (Wildman–Crippen LogP) is 0.807. The Morgan fingerprint density at radius 1 is 1.59 bits per heavy atom. The minimum Gasteiger partial charge on any atom is -0.468 e. The molecule has 5 nitrogen and oxygen atoms in total. The maximum atomic E-state index is 12.0. The molecule has 0 aliphatic carbocycles. The van der Waals surface area contributed by atoms with Gasteiger partial charge in [0.25, 0.3) is 0 Å². The number of carbonyl (C=O) groups is 1. The summed E-state index contributed by atoms with van der Waals surface area (Å²) < 4.78 is 10.2. The van der Waals surface area contributed by atoms with Crippen LogP contribution in [-0.2, 0) is 14.3 Å². The van der Waals surface area contributed by atoms with E-state index in [1.165, 1.54) is 7.11 Å². The van der Waals surface area contributed by atoms with E-state index in [-0.39, 0.29) is 12.0 Å². The monoisotopic (exact) mass is 238 g/mol. The lowest BCUT2D eigenvalue weighted by Gasteiger charge is -2.46. The number of ether oxygens (including phenoxy) is 2.